The van der Waals surface area contributed by atoms with Gasteiger partial charge in [-0.25, -0.2) is 0 Å². The Bertz CT molecular complexity index is 1040. The van der Waals surface area contributed by atoms with Gasteiger partial charge in [0, 0.05) is 24.8 Å². The highest BCUT2D eigenvalue weighted by molar-refractivity contribution is 7.80. The number of pyridine rings is 1. The van der Waals surface area contributed by atoms with Crippen LogP contribution in [0.2, 0.25) is 10.0 Å². The maximum Gasteiger partial charge on any atom is 0.170 e. The lowest BCUT2D eigenvalue weighted by Crippen LogP contribution is -2.35. The van der Waals surface area contributed by atoms with Gasteiger partial charge in [-0.05, 0) is 68.8 Å². The van der Waals surface area contributed by atoms with Crippen LogP contribution in [0.4, 0.5) is 0 Å². The van der Waals surface area contributed by atoms with Crippen LogP contribution in [0.1, 0.15) is 23.5 Å². The van der Waals surface area contributed by atoms with Crippen LogP contribution in [0.5, 0.6) is 0 Å². The van der Waals surface area contributed by atoms with E-state index in [2.05, 4.69) is 20.1 Å². The number of likely N-dealkylation sites (N-methyl/N-ethyl adjacent to an activating group) is 1. The molecule has 1 aliphatic heterocycles. The second kappa shape index (κ2) is 8.94. The smallest absolute Gasteiger partial charge is 0.170 e. The quantitative estimate of drug-likeness (QED) is 0.511. The first-order valence-corrected chi connectivity index (χ1v) is 10.8. The number of hydrogen-bond acceptors (Lipinski definition) is 4. The molecule has 1 fully saturated rings. The van der Waals surface area contributed by atoms with E-state index in [1.807, 2.05) is 56.6 Å². The van der Waals surface area contributed by atoms with Gasteiger partial charge in [-0.3, -0.25) is 4.98 Å². The Labute approximate surface area is 191 Å². The topological polar surface area (TPSA) is 44.5 Å². The Morgan fingerprint density at radius 3 is 2.67 bits per heavy atom. The largest absolute Gasteiger partial charge is 0.459 e. The molecule has 3 aromatic rings. The van der Waals surface area contributed by atoms with E-state index in [0.717, 1.165) is 35.9 Å². The molecule has 0 radical (unpaired) electrons. The third-order valence-corrected chi connectivity index (χ3v) is 6.20. The zero-order valence-electron chi connectivity index (χ0n) is 16.7. The molecule has 3 heterocycles. The fourth-order valence-electron chi connectivity index (χ4n) is 3.58. The number of rotatable bonds is 6. The molecule has 30 heavy (non-hydrogen) atoms. The molecule has 1 saturated heterocycles. The van der Waals surface area contributed by atoms with Crippen molar-refractivity contribution in [1.82, 2.24) is 20.1 Å². The monoisotopic (exact) mass is 460 g/mol. The van der Waals surface area contributed by atoms with Crippen molar-refractivity contribution in [2.24, 2.45) is 0 Å². The summed E-state index contributed by atoms with van der Waals surface area (Å²) in [5.41, 5.74) is 1.79. The summed E-state index contributed by atoms with van der Waals surface area (Å²) in [7, 11) is 4.10. The number of furan rings is 1. The van der Waals surface area contributed by atoms with Gasteiger partial charge in [-0.15, -0.1) is 0 Å². The Kier molecular flexibility index (Phi) is 6.29. The van der Waals surface area contributed by atoms with E-state index in [1.165, 1.54) is 0 Å². The second-order valence-electron chi connectivity index (χ2n) is 7.45. The molecule has 4 rings (SSSR count). The molecule has 0 amide bonds. The van der Waals surface area contributed by atoms with Crippen LogP contribution in [0.3, 0.4) is 0 Å². The molecular formula is C22H22Cl2N4OS. The summed E-state index contributed by atoms with van der Waals surface area (Å²) in [6, 6.07) is 15.1. The minimum absolute atomic E-state index is 0.103. The summed E-state index contributed by atoms with van der Waals surface area (Å²) in [5, 5.41) is 5.15. The molecule has 5 nitrogen and oxygen atoms in total. The predicted molar refractivity (Wildman–Crippen MR) is 125 cm³/mol. The van der Waals surface area contributed by atoms with Gasteiger partial charge in [0.05, 0.1) is 21.8 Å². The van der Waals surface area contributed by atoms with Crippen LogP contribution >= 0.6 is 35.4 Å². The van der Waals surface area contributed by atoms with Crippen molar-refractivity contribution in [1.29, 1.82) is 0 Å². The van der Waals surface area contributed by atoms with Crippen LogP contribution in [-0.2, 0) is 0 Å². The number of benzene rings is 1. The third kappa shape index (κ3) is 4.32. The minimum atomic E-state index is -0.108. The minimum Gasteiger partial charge on any atom is -0.459 e. The van der Waals surface area contributed by atoms with Crippen molar-refractivity contribution < 1.29 is 4.42 Å². The van der Waals surface area contributed by atoms with Gasteiger partial charge >= 0.3 is 0 Å². The van der Waals surface area contributed by atoms with Gasteiger partial charge in [0.15, 0.2) is 5.11 Å². The van der Waals surface area contributed by atoms with Gasteiger partial charge in [0.1, 0.15) is 17.6 Å². The number of nitrogens with zero attached hydrogens (tertiary/aromatic N) is 3. The number of hydrogen-bond donors (Lipinski definition) is 1. The molecule has 156 valence electrons. The highest BCUT2D eigenvalue weighted by Gasteiger charge is 2.41. The highest BCUT2D eigenvalue weighted by Crippen LogP contribution is 2.40. The van der Waals surface area contributed by atoms with E-state index in [1.54, 1.807) is 12.3 Å². The summed E-state index contributed by atoms with van der Waals surface area (Å²) < 4.78 is 6.30. The summed E-state index contributed by atoms with van der Waals surface area (Å²) in [6.07, 6.45) is 1.79. The molecule has 0 unspecified atom stereocenters. The van der Waals surface area contributed by atoms with Crippen molar-refractivity contribution in [3.63, 3.8) is 0 Å². The lowest BCUT2D eigenvalue weighted by Gasteiger charge is -2.27. The Balaban J connectivity index is 1.70. The van der Waals surface area contributed by atoms with Gasteiger partial charge in [-0.1, -0.05) is 29.3 Å². The number of nitrogens with one attached hydrogen (secondary N) is 1. The molecule has 2 aromatic heterocycles. The molecule has 0 spiro atoms. The Morgan fingerprint density at radius 1 is 1.13 bits per heavy atom. The van der Waals surface area contributed by atoms with Crippen LogP contribution in [0.25, 0.3) is 11.3 Å². The first-order valence-electron chi connectivity index (χ1n) is 9.62. The van der Waals surface area contributed by atoms with Crippen LogP contribution in [0.15, 0.2) is 59.1 Å². The summed E-state index contributed by atoms with van der Waals surface area (Å²) >= 11 is 17.9. The molecule has 1 N–H and O–H groups in total. The van der Waals surface area contributed by atoms with E-state index in [0.29, 0.717) is 15.2 Å². The Hall–Kier alpha value is -2.12. The van der Waals surface area contributed by atoms with E-state index >= 15 is 0 Å². The van der Waals surface area contributed by atoms with Crippen molar-refractivity contribution in [2.75, 3.05) is 27.2 Å². The molecule has 0 bridgehead atoms. The second-order valence-corrected chi connectivity index (χ2v) is 8.66. The first kappa shape index (κ1) is 21.1. The van der Waals surface area contributed by atoms with Gasteiger partial charge in [-0.2, -0.15) is 0 Å². The Morgan fingerprint density at radius 2 is 1.97 bits per heavy atom. The fourth-order valence-corrected chi connectivity index (χ4v) is 4.21. The van der Waals surface area contributed by atoms with E-state index < -0.39 is 0 Å². The highest BCUT2D eigenvalue weighted by atomic mass is 35.5. The van der Waals surface area contributed by atoms with E-state index in [9.17, 15) is 0 Å². The number of halogens is 2. The third-order valence-electron chi connectivity index (χ3n) is 5.11. The van der Waals surface area contributed by atoms with Gasteiger partial charge in [0.25, 0.3) is 0 Å². The number of aromatic nitrogens is 1. The van der Waals surface area contributed by atoms with Gasteiger partial charge < -0.3 is 19.5 Å². The molecular weight excluding hydrogens is 439 g/mol. The standard InChI is InChI=1S/C22H22Cl2N4OS/c1-27(2)11-12-28-21(20(26-22(28)30)17-5-3-4-10-25-17)19-9-8-18(29-19)14-6-7-15(23)16(24)13-14/h3-10,13,20-21H,11-12H2,1-2H3,(H,26,30)/t20-,21+/m1/s1. The zero-order valence-corrected chi connectivity index (χ0v) is 19.0. The van der Waals surface area contributed by atoms with E-state index in [-0.39, 0.29) is 12.1 Å². The van der Waals surface area contributed by atoms with Crippen molar-refractivity contribution in [3.8, 4) is 11.3 Å². The average Bonchev–Trinajstić information content (AvgIpc) is 3.33. The van der Waals surface area contributed by atoms with Crippen LogP contribution < -0.4 is 5.32 Å². The van der Waals surface area contributed by atoms with Crippen molar-refractivity contribution in [3.05, 3.63) is 76.2 Å². The maximum atomic E-state index is 6.30. The van der Waals surface area contributed by atoms with E-state index in [4.69, 9.17) is 39.8 Å². The lowest BCUT2D eigenvalue weighted by atomic mass is 10.0. The first-order chi connectivity index (χ1) is 14.4. The molecule has 8 heteroatoms. The normalized spacial score (nSPS) is 18.8. The van der Waals surface area contributed by atoms with Crippen molar-refractivity contribution >= 4 is 40.5 Å². The number of thiocarbonyl (C=S) groups is 1. The van der Waals surface area contributed by atoms with Crippen LogP contribution in [-0.4, -0.2) is 47.1 Å². The predicted octanol–water partition coefficient (Wildman–Crippen LogP) is 5.18. The lowest BCUT2D eigenvalue weighted by molar-refractivity contribution is 0.250. The SMILES string of the molecule is CN(C)CCN1C(=S)N[C@H](c2ccccn2)[C@@H]1c1ccc(-c2ccc(Cl)c(Cl)c2)o1. The van der Waals surface area contributed by atoms with Crippen molar-refractivity contribution in [2.45, 2.75) is 12.1 Å². The summed E-state index contributed by atoms with van der Waals surface area (Å²) in [5.74, 6) is 1.55. The fraction of sp³-hybridized carbons (Fsp3) is 0.273. The van der Waals surface area contributed by atoms with Crippen LogP contribution in [0, 0.1) is 0 Å². The average molecular weight is 461 g/mol. The molecule has 1 aromatic carbocycles. The molecule has 1 aliphatic rings. The molecule has 2 atom stereocenters. The summed E-state index contributed by atoms with van der Waals surface area (Å²) in [6.45, 7) is 1.64. The maximum absolute atomic E-state index is 6.30. The molecule has 0 saturated carbocycles. The molecule has 0 aliphatic carbocycles. The summed E-state index contributed by atoms with van der Waals surface area (Å²) in [4.78, 5) is 8.86. The van der Waals surface area contributed by atoms with Gasteiger partial charge in [0.2, 0.25) is 0 Å². The zero-order chi connectivity index (χ0) is 21.3.